The minimum atomic E-state index is 0.600. The normalized spacial score (nSPS) is 10.6. The Hall–Kier alpha value is -1.48. The van der Waals surface area contributed by atoms with Gasteiger partial charge >= 0.3 is 0 Å². The van der Waals surface area contributed by atoms with Gasteiger partial charge in [-0.05, 0) is 18.6 Å². The van der Waals surface area contributed by atoms with Gasteiger partial charge in [-0.2, -0.15) is 0 Å². The van der Waals surface area contributed by atoms with Crippen molar-refractivity contribution in [3.8, 4) is 5.75 Å². The third-order valence-corrected chi connectivity index (χ3v) is 3.06. The number of fused-ring (bicyclic) bond motifs is 1. The maximum atomic E-state index is 6.13. The van der Waals surface area contributed by atoms with E-state index in [0.29, 0.717) is 10.8 Å². The van der Waals surface area contributed by atoms with E-state index in [2.05, 4.69) is 17.2 Å². The number of aromatic nitrogens is 1. The van der Waals surface area contributed by atoms with Crippen molar-refractivity contribution in [1.82, 2.24) is 4.98 Å². The molecule has 0 aliphatic carbocycles. The Kier molecular flexibility index (Phi) is 3.38. The highest BCUT2D eigenvalue weighted by molar-refractivity contribution is 6.33. The number of rotatable bonds is 3. The van der Waals surface area contributed by atoms with Crippen LogP contribution >= 0.6 is 11.6 Å². The molecule has 0 radical (unpaired) electrons. The Bertz CT molecular complexity index is 555. The van der Waals surface area contributed by atoms with Gasteiger partial charge in [0.15, 0.2) is 0 Å². The molecule has 4 heteroatoms. The molecule has 0 spiro atoms. The van der Waals surface area contributed by atoms with E-state index in [-0.39, 0.29) is 0 Å². The van der Waals surface area contributed by atoms with Crippen molar-refractivity contribution in [3.63, 3.8) is 0 Å². The zero-order valence-electron chi connectivity index (χ0n) is 10.2. The molecule has 3 nitrogen and oxygen atoms in total. The third kappa shape index (κ3) is 2.15. The zero-order chi connectivity index (χ0) is 12.4. The number of aryl methyl sites for hydroxylation is 1. The molecule has 0 saturated carbocycles. The molecular formula is C13H15ClN2O. The summed E-state index contributed by atoms with van der Waals surface area (Å²) in [4.78, 5) is 4.57. The summed E-state index contributed by atoms with van der Waals surface area (Å²) >= 11 is 6.13. The molecule has 1 aromatic heterocycles. The van der Waals surface area contributed by atoms with Crippen molar-refractivity contribution in [3.05, 3.63) is 28.9 Å². The number of pyridine rings is 1. The second-order valence-electron chi connectivity index (χ2n) is 3.77. The van der Waals surface area contributed by atoms with Crippen LogP contribution in [0.1, 0.15) is 12.6 Å². The minimum absolute atomic E-state index is 0.600. The monoisotopic (exact) mass is 250 g/mol. The predicted molar refractivity (Wildman–Crippen MR) is 72.2 cm³/mol. The fourth-order valence-corrected chi connectivity index (χ4v) is 2.07. The van der Waals surface area contributed by atoms with E-state index in [1.807, 2.05) is 25.2 Å². The second kappa shape index (κ2) is 4.80. The molecule has 1 N–H and O–H groups in total. The lowest BCUT2D eigenvalue weighted by molar-refractivity contribution is 0.415. The molecule has 0 aliphatic rings. The quantitative estimate of drug-likeness (QED) is 0.905. The van der Waals surface area contributed by atoms with Crippen LogP contribution in [0.2, 0.25) is 5.02 Å². The van der Waals surface area contributed by atoms with Gasteiger partial charge in [0, 0.05) is 29.9 Å². The maximum Gasteiger partial charge on any atom is 0.139 e. The van der Waals surface area contributed by atoms with Crippen molar-refractivity contribution in [2.45, 2.75) is 13.3 Å². The Balaban J connectivity index is 2.75. The fourth-order valence-electron chi connectivity index (χ4n) is 1.83. The molecule has 0 unspecified atom stereocenters. The predicted octanol–water partition coefficient (Wildman–Crippen LogP) is 3.50. The van der Waals surface area contributed by atoms with Gasteiger partial charge in [0.2, 0.25) is 0 Å². The summed E-state index contributed by atoms with van der Waals surface area (Å²) in [6.07, 6.45) is 0.898. The van der Waals surface area contributed by atoms with Gasteiger partial charge in [0.25, 0.3) is 0 Å². The molecule has 0 amide bonds. The smallest absolute Gasteiger partial charge is 0.139 e. The summed E-state index contributed by atoms with van der Waals surface area (Å²) in [5.41, 5.74) is 2.98. The van der Waals surface area contributed by atoms with E-state index in [1.165, 1.54) is 0 Å². The average Bonchev–Trinajstić information content (AvgIpc) is 2.36. The molecule has 0 saturated heterocycles. The molecule has 1 heterocycles. The van der Waals surface area contributed by atoms with Crippen LogP contribution in [0.3, 0.4) is 0 Å². The largest absolute Gasteiger partial charge is 0.495 e. The van der Waals surface area contributed by atoms with Gasteiger partial charge in [0.1, 0.15) is 5.75 Å². The molecule has 2 aromatic rings. The van der Waals surface area contributed by atoms with Crippen LogP contribution in [-0.2, 0) is 6.42 Å². The summed E-state index contributed by atoms with van der Waals surface area (Å²) in [5, 5.41) is 4.78. The Morgan fingerprint density at radius 1 is 1.35 bits per heavy atom. The van der Waals surface area contributed by atoms with E-state index in [1.54, 1.807) is 7.11 Å². The van der Waals surface area contributed by atoms with Gasteiger partial charge in [0.05, 0.1) is 17.6 Å². The second-order valence-corrected chi connectivity index (χ2v) is 4.18. The summed E-state index contributed by atoms with van der Waals surface area (Å²) in [6.45, 7) is 2.08. The molecule has 90 valence electrons. The molecular weight excluding hydrogens is 236 g/mol. The third-order valence-electron chi connectivity index (χ3n) is 2.77. The number of ether oxygens (including phenoxy) is 1. The molecule has 0 fully saturated rings. The van der Waals surface area contributed by atoms with E-state index < -0.39 is 0 Å². The summed E-state index contributed by atoms with van der Waals surface area (Å²) in [6, 6.07) is 5.80. The Morgan fingerprint density at radius 3 is 2.71 bits per heavy atom. The topological polar surface area (TPSA) is 34.1 Å². The zero-order valence-corrected chi connectivity index (χ0v) is 10.9. The molecule has 17 heavy (non-hydrogen) atoms. The molecule has 0 atom stereocenters. The van der Waals surface area contributed by atoms with Gasteiger partial charge in [-0.3, -0.25) is 4.98 Å². The van der Waals surface area contributed by atoms with Crippen LogP contribution in [0.15, 0.2) is 18.2 Å². The van der Waals surface area contributed by atoms with Crippen LogP contribution in [0.25, 0.3) is 10.9 Å². The van der Waals surface area contributed by atoms with Crippen LogP contribution in [0.4, 0.5) is 5.69 Å². The fraction of sp³-hybridized carbons (Fsp3) is 0.308. The average molecular weight is 251 g/mol. The number of anilines is 1. The first kappa shape index (κ1) is 12.0. The van der Waals surface area contributed by atoms with Gasteiger partial charge in [-0.15, -0.1) is 0 Å². The van der Waals surface area contributed by atoms with Gasteiger partial charge < -0.3 is 10.1 Å². The minimum Gasteiger partial charge on any atom is -0.495 e. The number of halogens is 1. The Morgan fingerprint density at radius 2 is 2.12 bits per heavy atom. The maximum absolute atomic E-state index is 6.13. The summed E-state index contributed by atoms with van der Waals surface area (Å²) in [5.74, 6) is 0.655. The lowest BCUT2D eigenvalue weighted by Crippen LogP contribution is -1.96. The number of benzene rings is 1. The van der Waals surface area contributed by atoms with Gasteiger partial charge in [-0.1, -0.05) is 18.5 Å². The van der Waals surface area contributed by atoms with Crippen LogP contribution in [0.5, 0.6) is 5.75 Å². The Labute approximate surface area is 106 Å². The molecule has 1 aromatic carbocycles. The standard InChI is InChI=1S/C13H15ClN2O/c1-4-8-5-11(15-2)9-6-10(14)13(17-3)7-12(9)16-8/h5-7H,4H2,1-3H3,(H,15,16). The molecule has 0 bridgehead atoms. The van der Waals surface area contributed by atoms with Crippen molar-refractivity contribution in [1.29, 1.82) is 0 Å². The summed E-state index contributed by atoms with van der Waals surface area (Å²) in [7, 11) is 3.50. The van der Waals surface area contributed by atoms with Crippen LogP contribution in [-0.4, -0.2) is 19.1 Å². The van der Waals surface area contributed by atoms with Crippen molar-refractivity contribution in [2.24, 2.45) is 0 Å². The van der Waals surface area contributed by atoms with E-state index in [9.17, 15) is 0 Å². The first-order valence-electron chi connectivity index (χ1n) is 5.54. The number of hydrogen-bond donors (Lipinski definition) is 1. The number of nitrogens with one attached hydrogen (secondary N) is 1. The first-order valence-corrected chi connectivity index (χ1v) is 5.92. The number of nitrogens with zero attached hydrogens (tertiary/aromatic N) is 1. The number of methoxy groups -OCH3 is 1. The molecule has 2 rings (SSSR count). The van der Waals surface area contributed by atoms with Gasteiger partial charge in [-0.25, -0.2) is 0 Å². The van der Waals surface area contributed by atoms with Crippen LogP contribution in [0, 0.1) is 0 Å². The van der Waals surface area contributed by atoms with Crippen molar-refractivity contribution < 1.29 is 4.74 Å². The first-order chi connectivity index (χ1) is 8.19. The molecule has 0 aliphatic heterocycles. The van der Waals surface area contributed by atoms with E-state index in [4.69, 9.17) is 16.3 Å². The highest BCUT2D eigenvalue weighted by Gasteiger charge is 2.09. The van der Waals surface area contributed by atoms with E-state index in [0.717, 1.165) is 28.7 Å². The lowest BCUT2D eigenvalue weighted by atomic mass is 10.1. The van der Waals surface area contributed by atoms with Crippen LogP contribution < -0.4 is 10.1 Å². The van der Waals surface area contributed by atoms with Crippen molar-refractivity contribution in [2.75, 3.05) is 19.5 Å². The SMILES string of the molecule is CCc1cc(NC)c2cc(Cl)c(OC)cc2n1. The van der Waals surface area contributed by atoms with Crippen molar-refractivity contribution >= 4 is 28.2 Å². The highest BCUT2D eigenvalue weighted by Crippen LogP contribution is 2.32. The highest BCUT2D eigenvalue weighted by atomic mass is 35.5. The number of hydrogen-bond acceptors (Lipinski definition) is 3. The van der Waals surface area contributed by atoms with E-state index >= 15 is 0 Å². The lowest BCUT2D eigenvalue weighted by Gasteiger charge is -2.10. The summed E-state index contributed by atoms with van der Waals surface area (Å²) < 4.78 is 5.21.